The normalized spacial score (nSPS) is 20.3. The van der Waals surface area contributed by atoms with Crippen LogP contribution in [0, 0.1) is 17.8 Å². The fraction of sp³-hybridized carbons (Fsp3) is 0.466. The number of carbonyl (C=O) groups is 2. The SMILES string of the molecule is CC(C)[C@@H](C(=O)N1C[C@H](O)C[C@H]1C(=O)N[C@@H](C)c1ccc(-c2scnc2C#CCN(C)C)cc1)c1cc(OCCN2CCN(CCOc3cc(N4C5CCC4CN(c4cc(-c6ccccc6O)nnc4N)C5)ccn3)CC2)no1. The van der Waals surface area contributed by atoms with Gasteiger partial charge < -0.3 is 50.0 Å². The van der Waals surface area contributed by atoms with Crippen LogP contribution in [0.15, 0.2) is 89.0 Å². The molecule has 4 aliphatic heterocycles. The Morgan fingerprint density at radius 2 is 1.61 bits per heavy atom. The number of aliphatic hydroxyl groups excluding tert-OH is 1. The highest BCUT2D eigenvalue weighted by Gasteiger charge is 2.44. The molecular formula is C58H71N13O7S. The number of phenolic OH excluding ortho intramolecular Hbond substituents is 1. The van der Waals surface area contributed by atoms with Gasteiger partial charge in [0, 0.05) is 107 Å². The van der Waals surface area contributed by atoms with Crippen LogP contribution >= 0.6 is 11.3 Å². The van der Waals surface area contributed by atoms with Crippen LogP contribution in [0.1, 0.15) is 69.0 Å². The van der Waals surface area contributed by atoms with Crippen molar-refractivity contribution in [3.63, 3.8) is 0 Å². The number of benzene rings is 2. The van der Waals surface area contributed by atoms with Crippen LogP contribution < -0.4 is 30.3 Å². The van der Waals surface area contributed by atoms with Gasteiger partial charge in [0.1, 0.15) is 36.6 Å². The Hall–Kier alpha value is -7.35. The first-order chi connectivity index (χ1) is 38.3. The summed E-state index contributed by atoms with van der Waals surface area (Å²) < 4.78 is 18.1. The molecule has 6 atom stereocenters. The second-order valence-corrected chi connectivity index (χ2v) is 22.4. The van der Waals surface area contributed by atoms with Crippen molar-refractivity contribution in [1.29, 1.82) is 0 Å². The average molecular weight is 1090 g/mol. The molecule has 4 fully saturated rings. The highest BCUT2D eigenvalue weighted by molar-refractivity contribution is 7.13. The summed E-state index contributed by atoms with van der Waals surface area (Å²) in [5.41, 5.74) is 14.0. The molecule has 21 heteroatoms. The van der Waals surface area contributed by atoms with E-state index in [1.807, 2.05) is 88.4 Å². The highest BCUT2D eigenvalue weighted by Crippen LogP contribution is 2.40. The van der Waals surface area contributed by atoms with E-state index in [0.717, 1.165) is 91.7 Å². The largest absolute Gasteiger partial charge is 0.507 e. The molecule has 2 amide bonds. The standard InChI is InChI=1S/C58H71N13O7S/c1-37(2)54(58(75)70-35-44(72)30-49(70)57(74)62-38(3)39-12-14-40(15-13-39)55-46(61-36-79-55)10-8-20-66(4)5)51-32-53(65-78-51)77-28-26-68-23-21-67(22-24-68)25-27-76-52-29-41(18-19-60-52)71-42-16-17-43(71)34-69(33-42)48-31-47(63-64-56(48)59)45-9-6-7-11-50(45)73/h6-7,9,11-15,18-19,29,31-32,36-38,42-44,49,54,72-73H,16-17,20-28,30,33-35H2,1-5H3,(H2,59,64)(H,62,74)/t38-,42?,43?,44+,49-,54+/m0/s1. The molecule has 6 aromatic rings. The van der Waals surface area contributed by atoms with Gasteiger partial charge in [0.15, 0.2) is 11.6 Å². The lowest BCUT2D eigenvalue weighted by Gasteiger charge is -2.43. The number of anilines is 3. The minimum absolute atomic E-state index is 0.0384. The number of hydrogen-bond acceptors (Lipinski definition) is 19. The van der Waals surface area contributed by atoms with Crippen molar-refractivity contribution in [2.75, 3.05) is 108 Å². The summed E-state index contributed by atoms with van der Waals surface area (Å²) in [6.45, 7) is 13.9. The zero-order valence-electron chi connectivity index (χ0n) is 45.6. The number of rotatable bonds is 19. The Kier molecular flexibility index (Phi) is 17.2. The van der Waals surface area contributed by atoms with Crippen molar-refractivity contribution in [2.45, 2.75) is 76.2 Å². The molecule has 2 bridgehead atoms. The molecule has 5 N–H and O–H groups in total. The third kappa shape index (κ3) is 12.9. The number of amides is 2. The summed E-state index contributed by atoms with van der Waals surface area (Å²) >= 11 is 1.53. The maximum Gasteiger partial charge on any atom is 0.254 e. The molecule has 79 heavy (non-hydrogen) atoms. The number of phenols is 1. The number of nitrogen functional groups attached to an aromatic ring is 1. The lowest BCUT2D eigenvalue weighted by atomic mass is 9.91. The van der Waals surface area contributed by atoms with Crippen molar-refractivity contribution in [2.24, 2.45) is 5.92 Å². The van der Waals surface area contributed by atoms with E-state index in [9.17, 15) is 19.8 Å². The zero-order valence-corrected chi connectivity index (χ0v) is 46.4. The number of piperazine rings is 2. The van der Waals surface area contributed by atoms with E-state index in [0.29, 0.717) is 60.9 Å². The number of likely N-dealkylation sites (tertiary alicyclic amines) is 1. The number of aromatic nitrogens is 5. The van der Waals surface area contributed by atoms with Gasteiger partial charge >= 0.3 is 0 Å². The Morgan fingerprint density at radius 3 is 2.30 bits per heavy atom. The molecule has 8 heterocycles. The maximum atomic E-state index is 14.3. The number of aromatic hydroxyl groups is 1. The van der Waals surface area contributed by atoms with Crippen molar-refractivity contribution in [3.05, 3.63) is 102 Å². The van der Waals surface area contributed by atoms with Gasteiger partial charge in [-0.05, 0) is 86.2 Å². The fourth-order valence-electron chi connectivity index (χ4n) is 11.3. The second kappa shape index (κ2) is 24.8. The highest BCUT2D eigenvalue weighted by atomic mass is 32.1. The molecule has 0 spiro atoms. The number of ether oxygens (including phenoxy) is 2. The predicted molar refractivity (Wildman–Crippen MR) is 303 cm³/mol. The van der Waals surface area contributed by atoms with E-state index in [-0.39, 0.29) is 54.6 Å². The smallest absolute Gasteiger partial charge is 0.254 e. The summed E-state index contributed by atoms with van der Waals surface area (Å²) in [6.07, 6.45) is 3.24. The molecule has 0 saturated carbocycles. The van der Waals surface area contributed by atoms with Crippen LogP contribution in [0.25, 0.3) is 21.7 Å². The third-order valence-electron chi connectivity index (χ3n) is 15.4. The number of β-amino-alcohol motifs (C(OH)–C–C–N with tert-alkyl or cyclic N) is 1. The molecule has 20 nitrogen and oxygen atoms in total. The van der Waals surface area contributed by atoms with Gasteiger partial charge in [-0.1, -0.05) is 56.2 Å². The summed E-state index contributed by atoms with van der Waals surface area (Å²) in [5, 5.41) is 37.1. The molecule has 10 rings (SSSR count). The minimum Gasteiger partial charge on any atom is -0.507 e. The first-order valence-electron chi connectivity index (χ1n) is 27.3. The topological polar surface area (TPSA) is 228 Å². The Morgan fingerprint density at radius 1 is 0.899 bits per heavy atom. The van der Waals surface area contributed by atoms with E-state index >= 15 is 0 Å². The van der Waals surface area contributed by atoms with Gasteiger partial charge in [0.25, 0.3) is 5.88 Å². The zero-order chi connectivity index (χ0) is 55.2. The molecular weight excluding hydrogens is 1020 g/mol. The average Bonchev–Trinajstić information content (AvgIpc) is 4.44. The van der Waals surface area contributed by atoms with Crippen molar-refractivity contribution in [1.82, 2.24) is 50.2 Å². The summed E-state index contributed by atoms with van der Waals surface area (Å²) in [6, 6.07) is 22.2. The molecule has 2 aromatic carbocycles. The number of para-hydroxylation sites is 1. The number of pyridine rings is 1. The van der Waals surface area contributed by atoms with Crippen LogP contribution in [0.2, 0.25) is 0 Å². The third-order valence-corrected chi connectivity index (χ3v) is 16.3. The number of nitrogens with two attached hydrogens (primary N) is 1. The Bertz CT molecular complexity index is 3100. The molecule has 2 unspecified atom stereocenters. The van der Waals surface area contributed by atoms with Crippen LogP contribution in [-0.4, -0.2) is 184 Å². The molecule has 4 aliphatic rings. The van der Waals surface area contributed by atoms with E-state index in [2.05, 4.69) is 74.2 Å². The van der Waals surface area contributed by atoms with Crippen LogP contribution in [-0.2, 0) is 9.59 Å². The Labute approximate surface area is 465 Å². The van der Waals surface area contributed by atoms with Gasteiger partial charge in [-0.2, -0.15) is 0 Å². The predicted octanol–water partition coefficient (Wildman–Crippen LogP) is 5.36. The molecule has 4 saturated heterocycles. The summed E-state index contributed by atoms with van der Waals surface area (Å²) in [7, 11) is 3.95. The van der Waals surface area contributed by atoms with Gasteiger partial charge in [0.05, 0.1) is 40.5 Å². The van der Waals surface area contributed by atoms with Crippen molar-refractivity contribution < 1.29 is 33.8 Å². The number of thiazole rings is 1. The van der Waals surface area contributed by atoms with Crippen molar-refractivity contribution in [3.8, 4) is 51.0 Å². The number of fused-ring (bicyclic) bond motifs is 2. The van der Waals surface area contributed by atoms with Crippen LogP contribution in [0.5, 0.6) is 17.5 Å². The number of carbonyl (C=O) groups excluding carboxylic acids is 2. The first kappa shape index (κ1) is 55.0. The van der Waals surface area contributed by atoms with Gasteiger partial charge in [0.2, 0.25) is 17.7 Å². The fourth-order valence-corrected chi connectivity index (χ4v) is 12.0. The van der Waals surface area contributed by atoms with Gasteiger partial charge in [-0.15, -0.1) is 21.5 Å². The Balaban J connectivity index is 0.654. The monoisotopic (exact) mass is 1090 g/mol. The number of hydrogen-bond donors (Lipinski definition) is 4. The maximum absolute atomic E-state index is 14.3. The lowest BCUT2D eigenvalue weighted by Crippen LogP contribution is -2.54. The summed E-state index contributed by atoms with van der Waals surface area (Å²) in [4.78, 5) is 51.2. The van der Waals surface area contributed by atoms with Crippen LogP contribution in [0.3, 0.4) is 0 Å². The first-order valence-corrected chi connectivity index (χ1v) is 28.2. The molecule has 0 aliphatic carbocycles. The van der Waals surface area contributed by atoms with Gasteiger partial charge in [-0.3, -0.25) is 24.3 Å². The van der Waals surface area contributed by atoms with E-state index < -0.39 is 18.1 Å². The molecule has 4 aromatic heterocycles. The molecule has 0 radical (unpaired) electrons. The second-order valence-electron chi connectivity index (χ2n) is 21.6. The number of nitrogens with one attached hydrogen (secondary N) is 1. The van der Waals surface area contributed by atoms with Crippen molar-refractivity contribution >= 4 is 40.3 Å². The van der Waals surface area contributed by atoms with Gasteiger partial charge in [-0.25, -0.2) is 9.97 Å². The minimum atomic E-state index is -0.853. The number of aliphatic hydroxyl groups is 1. The lowest BCUT2D eigenvalue weighted by molar-refractivity contribution is -0.141. The van der Waals surface area contributed by atoms with E-state index in [1.54, 1.807) is 23.7 Å². The number of nitrogens with zero attached hydrogens (tertiary/aromatic N) is 11. The van der Waals surface area contributed by atoms with E-state index in [4.69, 9.17) is 19.7 Å². The summed E-state index contributed by atoms with van der Waals surface area (Å²) in [5.74, 6) is 6.55. The molecule has 416 valence electrons. The quantitative estimate of drug-likeness (QED) is 0.0749. The van der Waals surface area contributed by atoms with E-state index in [1.165, 1.54) is 16.2 Å². The van der Waals surface area contributed by atoms with Crippen LogP contribution in [0.4, 0.5) is 17.2 Å².